The van der Waals surface area contributed by atoms with Gasteiger partial charge in [-0.1, -0.05) is 140 Å². The summed E-state index contributed by atoms with van der Waals surface area (Å²) in [4.78, 5) is 2.40. The van der Waals surface area contributed by atoms with Crippen molar-refractivity contribution in [3.63, 3.8) is 0 Å². The summed E-state index contributed by atoms with van der Waals surface area (Å²) in [5, 5.41) is 11.7. The monoisotopic (exact) mass is 727 g/mol. The van der Waals surface area contributed by atoms with E-state index < -0.39 is 0 Å². The number of nitrogens with zero attached hydrogens (tertiary/aromatic N) is 1. The van der Waals surface area contributed by atoms with Gasteiger partial charge in [0.25, 0.3) is 0 Å². The first-order valence-electron chi connectivity index (χ1n) is 19.4. The van der Waals surface area contributed by atoms with E-state index in [9.17, 15) is 0 Å². The molecule has 3 heteroatoms. The molecular formula is C54H33NO2. The van der Waals surface area contributed by atoms with Gasteiger partial charge in [0, 0.05) is 32.8 Å². The first-order valence-corrected chi connectivity index (χ1v) is 19.4. The maximum absolute atomic E-state index is 6.74. The summed E-state index contributed by atoms with van der Waals surface area (Å²) < 4.78 is 13.0. The van der Waals surface area contributed by atoms with E-state index in [0.29, 0.717) is 0 Å². The zero-order valence-electron chi connectivity index (χ0n) is 30.8. The van der Waals surface area contributed by atoms with Crippen LogP contribution in [0.4, 0.5) is 17.1 Å². The van der Waals surface area contributed by atoms with Gasteiger partial charge in [-0.25, -0.2) is 0 Å². The third kappa shape index (κ3) is 4.92. The lowest BCUT2D eigenvalue weighted by atomic mass is 9.93. The Kier molecular flexibility index (Phi) is 6.93. The van der Waals surface area contributed by atoms with Crippen molar-refractivity contribution in [1.82, 2.24) is 0 Å². The van der Waals surface area contributed by atoms with Crippen molar-refractivity contribution in [3.8, 4) is 22.3 Å². The fourth-order valence-corrected chi connectivity index (χ4v) is 9.02. The molecule has 0 aliphatic rings. The molecular weight excluding hydrogens is 695 g/mol. The normalized spacial score (nSPS) is 11.9. The topological polar surface area (TPSA) is 29.5 Å². The van der Waals surface area contributed by atoms with Crippen LogP contribution in [0.2, 0.25) is 0 Å². The molecule has 12 rings (SSSR count). The highest BCUT2D eigenvalue weighted by molar-refractivity contribution is 6.20. The molecule has 10 aromatic carbocycles. The zero-order valence-corrected chi connectivity index (χ0v) is 30.8. The van der Waals surface area contributed by atoms with E-state index >= 15 is 0 Å². The van der Waals surface area contributed by atoms with Crippen molar-refractivity contribution >= 4 is 93.3 Å². The number of rotatable bonds is 5. The van der Waals surface area contributed by atoms with Crippen LogP contribution < -0.4 is 4.90 Å². The predicted octanol–water partition coefficient (Wildman–Crippen LogP) is 15.7. The molecule has 12 aromatic rings. The van der Waals surface area contributed by atoms with Gasteiger partial charge < -0.3 is 13.7 Å². The third-order valence-electron chi connectivity index (χ3n) is 11.6. The number of hydrogen-bond acceptors (Lipinski definition) is 3. The molecule has 0 aliphatic carbocycles. The van der Waals surface area contributed by atoms with Gasteiger partial charge in [-0.05, 0) is 104 Å². The van der Waals surface area contributed by atoms with Crippen LogP contribution in [-0.2, 0) is 0 Å². The lowest BCUT2D eigenvalue weighted by molar-refractivity contribution is 0.669. The number of fused-ring (bicyclic) bond motifs is 11. The summed E-state index contributed by atoms with van der Waals surface area (Å²) >= 11 is 0. The van der Waals surface area contributed by atoms with Gasteiger partial charge in [0.15, 0.2) is 0 Å². The minimum Gasteiger partial charge on any atom is -0.456 e. The van der Waals surface area contributed by atoms with Gasteiger partial charge in [0.1, 0.15) is 22.3 Å². The second-order valence-corrected chi connectivity index (χ2v) is 14.8. The van der Waals surface area contributed by atoms with Crippen LogP contribution in [0.5, 0.6) is 0 Å². The van der Waals surface area contributed by atoms with E-state index in [1.165, 1.54) is 32.7 Å². The number of furan rings is 2. The van der Waals surface area contributed by atoms with Crippen LogP contribution in [0, 0.1) is 0 Å². The van der Waals surface area contributed by atoms with Crippen LogP contribution >= 0.6 is 0 Å². The molecule has 0 saturated carbocycles. The summed E-state index contributed by atoms with van der Waals surface area (Å²) in [5.41, 5.74) is 11.3. The lowest BCUT2D eigenvalue weighted by Gasteiger charge is -2.28. The Balaban J connectivity index is 1.10. The Labute approximate surface area is 328 Å². The number of para-hydroxylation sites is 2. The largest absolute Gasteiger partial charge is 0.456 e. The van der Waals surface area contributed by atoms with E-state index in [4.69, 9.17) is 8.83 Å². The van der Waals surface area contributed by atoms with Crippen molar-refractivity contribution in [2.75, 3.05) is 4.90 Å². The standard InChI is InChI=1S/C54H33NO2/c1-4-16-41-34(12-1)26-30-45-53-49(21-11-23-52(53)57-54(41)45)55(48-20-9-7-15-40(48)37-27-31-51-47(33-37)44-19-8-10-22-50(44)56-51)38-28-24-35(25-29-38)46-32-36-13-2-3-14-39(36)42-17-5-6-18-43(42)46/h1-33H. The molecule has 0 N–H and O–H groups in total. The molecule has 266 valence electrons. The second kappa shape index (κ2) is 12.5. The molecule has 0 saturated heterocycles. The molecule has 0 spiro atoms. The smallest absolute Gasteiger partial charge is 0.143 e. The molecule has 57 heavy (non-hydrogen) atoms. The van der Waals surface area contributed by atoms with Crippen molar-refractivity contribution in [3.05, 3.63) is 200 Å². The van der Waals surface area contributed by atoms with Crippen molar-refractivity contribution in [1.29, 1.82) is 0 Å². The SMILES string of the molecule is c1ccc(N(c2ccc(-c3cc4ccccc4c4ccccc34)cc2)c2cccc3oc4c5ccccc5ccc4c23)c(-c2ccc3oc4ccccc4c3c2)c1. The van der Waals surface area contributed by atoms with Gasteiger partial charge in [0.2, 0.25) is 0 Å². The Morgan fingerprint density at radius 3 is 1.84 bits per heavy atom. The first-order chi connectivity index (χ1) is 28.3. The van der Waals surface area contributed by atoms with E-state index in [2.05, 4.69) is 193 Å². The Hall–Kier alpha value is -7.62. The quantitative estimate of drug-likeness (QED) is 0.165. The Bertz CT molecular complexity index is 3530. The summed E-state index contributed by atoms with van der Waals surface area (Å²) in [6.45, 7) is 0. The number of hydrogen-bond donors (Lipinski definition) is 0. The molecule has 2 heterocycles. The zero-order chi connectivity index (χ0) is 37.5. The van der Waals surface area contributed by atoms with Gasteiger partial charge in [-0.15, -0.1) is 0 Å². The Morgan fingerprint density at radius 2 is 0.965 bits per heavy atom. The molecule has 0 fully saturated rings. The average Bonchev–Trinajstić information content (AvgIpc) is 3.86. The third-order valence-corrected chi connectivity index (χ3v) is 11.6. The van der Waals surface area contributed by atoms with E-state index in [0.717, 1.165) is 82.8 Å². The minimum atomic E-state index is 0.854. The molecule has 3 nitrogen and oxygen atoms in total. The van der Waals surface area contributed by atoms with Crippen molar-refractivity contribution in [2.24, 2.45) is 0 Å². The van der Waals surface area contributed by atoms with Gasteiger partial charge in [0.05, 0.1) is 16.8 Å². The molecule has 0 amide bonds. The molecule has 0 radical (unpaired) electrons. The minimum absolute atomic E-state index is 0.854. The van der Waals surface area contributed by atoms with E-state index in [1.807, 2.05) is 12.1 Å². The van der Waals surface area contributed by atoms with Gasteiger partial charge in [-0.2, -0.15) is 0 Å². The second-order valence-electron chi connectivity index (χ2n) is 14.8. The maximum Gasteiger partial charge on any atom is 0.143 e. The molecule has 0 bridgehead atoms. The van der Waals surface area contributed by atoms with Crippen molar-refractivity contribution in [2.45, 2.75) is 0 Å². The van der Waals surface area contributed by atoms with Crippen molar-refractivity contribution < 1.29 is 8.83 Å². The van der Waals surface area contributed by atoms with Crippen LogP contribution in [0.15, 0.2) is 209 Å². The highest BCUT2D eigenvalue weighted by atomic mass is 16.3. The van der Waals surface area contributed by atoms with Crippen LogP contribution in [0.25, 0.3) is 98.4 Å². The van der Waals surface area contributed by atoms with E-state index in [-0.39, 0.29) is 0 Å². The summed E-state index contributed by atoms with van der Waals surface area (Å²) in [6, 6.07) is 71.6. The van der Waals surface area contributed by atoms with Crippen LogP contribution in [-0.4, -0.2) is 0 Å². The molecule has 0 atom stereocenters. The Morgan fingerprint density at radius 1 is 0.316 bits per heavy atom. The number of anilines is 3. The highest BCUT2D eigenvalue weighted by Gasteiger charge is 2.23. The lowest BCUT2D eigenvalue weighted by Crippen LogP contribution is -2.11. The fraction of sp³-hybridized carbons (Fsp3) is 0. The van der Waals surface area contributed by atoms with Crippen LogP contribution in [0.3, 0.4) is 0 Å². The van der Waals surface area contributed by atoms with Crippen LogP contribution in [0.1, 0.15) is 0 Å². The summed E-state index contributed by atoms with van der Waals surface area (Å²) in [7, 11) is 0. The average molecular weight is 728 g/mol. The highest BCUT2D eigenvalue weighted by Crippen LogP contribution is 2.48. The molecule has 0 aliphatic heterocycles. The maximum atomic E-state index is 6.74. The van der Waals surface area contributed by atoms with Gasteiger partial charge in [-0.3, -0.25) is 0 Å². The van der Waals surface area contributed by atoms with E-state index in [1.54, 1.807) is 0 Å². The van der Waals surface area contributed by atoms with Gasteiger partial charge >= 0.3 is 0 Å². The summed E-state index contributed by atoms with van der Waals surface area (Å²) in [6.07, 6.45) is 0. The summed E-state index contributed by atoms with van der Waals surface area (Å²) in [5.74, 6) is 0. The first kappa shape index (κ1) is 31.7. The molecule has 0 unspecified atom stereocenters. The molecule has 2 aromatic heterocycles. The fourth-order valence-electron chi connectivity index (χ4n) is 9.02. The number of benzene rings is 10. The predicted molar refractivity (Wildman–Crippen MR) is 239 cm³/mol.